The topological polar surface area (TPSA) is 94.2 Å². The predicted octanol–water partition coefficient (Wildman–Crippen LogP) is 4.26. The number of phenols is 1. The first-order valence-corrected chi connectivity index (χ1v) is 9.59. The maximum Gasteiger partial charge on any atom is 0.155 e. The Morgan fingerprint density at radius 3 is 2.41 bits per heavy atom. The van der Waals surface area contributed by atoms with Crippen LogP contribution >= 0.6 is 0 Å². The number of nitrogens with two attached hydrogens (primary N) is 1. The maximum atomic E-state index is 10.5. The van der Waals surface area contributed by atoms with Crippen LogP contribution in [0.4, 0.5) is 5.82 Å². The van der Waals surface area contributed by atoms with Crippen LogP contribution in [0.15, 0.2) is 30.6 Å². The predicted molar refractivity (Wildman–Crippen MR) is 106 cm³/mol. The molecule has 6 heteroatoms. The fraction of sp³-hybridized carbons (Fsp3) is 0.381. The third-order valence-corrected chi connectivity index (χ3v) is 5.21. The molecule has 1 aliphatic carbocycles. The summed E-state index contributed by atoms with van der Waals surface area (Å²) in [5.74, 6) is 1.25. The highest BCUT2D eigenvalue weighted by Gasteiger charge is 2.21. The molecule has 0 atom stereocenters. The fourth-order valence-electron chi connectivity index (χ4n) is 3.73. The number of pyridine rings is 1. The SMILES string of the molecule is C1CCCCC1.Nc1nnc(-c2ccc3c(c2O)CCO3)c2ccncc12. The lowest BCUT2D eigenvalue weighted by Crippen LogP contribution is -1.98. The lowest BCUT2D eigenvalue weighted by Gasteiger charge is -2.10. The fourth-order valence-corrected chi connectivity index (χ4v) is 3.73. The van der Waals surface area contributed by atoms with Gasteiger partial charge in [0.05, 0.1) is 6.61 Å². The molecule has 0 amide bonds. The third kappa shape index (κ3) is 3.52. The Morgan fingerprint density at radius 2 is 1.67 bits per heavy atom. The number of nitrogen functional groups attached to an aromatic ring is 1. The van der Waals surface area contributed by atoms with Crippen LogP contribution < -0.4 is 10.5 Å². The number of fused-ring (bicyclic) bond motifs is 2. The highest BCUT2D eigenvalue weighted by molar-refractivity contribution is 6.00. The van der Waals surface area contributed by atoms with Crippen LogP contribution in [0.5, 0.6) is 11.5 Å². The monoisotopic (exact) mass is 364 g/mol. The Kier molecular flexibility index (Phi) is 5.05. The minimum absolute atomic E-state index is 0.196. The Labute approximate surface area is 158 Å². The van der Waals surface area contributed by atoms with Crippen molar-refractivity contribution in [2.24, 2.45) is 0 Å². The van der Waals surface area contributed by atoms with Gasteiger partial charge in [0, 0.05) is 40.7 Å². The molecule has 3 aromatic rings. The largest absolute Gasteiger partial charge is 0.507 e. The van der Waals surface area contributed by atoms with Crippen LogP contribution in [-0.2, 0) is 6.42 Å². The molecule has 0 radical (unpaired) electrons. The quantitative estimate of drug-likeness (QED) is 0.670. The van der Waals surface area contributed by atoms with Crippen molar-refractivity contribution in [3.63, 3.8) is 0 Å². The second-order valence-corrected chi connectivity index (χ2v) is 7.01. The minimum atomic E-state index is 0.196. The number of hydrogen-bond donors (Lipinski definition) is 2. The van der Waals surface area contributed by atoms with Crippen molar-refractivity contribution in [2.75, 3.05) is 12.3 Å². The molecule has 2 aliphatic rings. The second kappa shape index (κ2) is 7.78. The second-order valence-electron chi connectivity index (χ2n) is 7.01. The van der Waals surface area contributed by atoms with Crippen LogP contribution in [0, 0.1) is 0 Å². The summed E-state index contributed by atoms with van der Waals surface area (Å²) in [4.78, 5) is 4.06. The zero-order chi connectivity index (χ0) is 18.6. The van der Waals surface area contributed by atoms with Crippen LogP contribution in [0.2, 0.25) is 0 Å². The molecule has 0 unspecified atom stereocenters. The van der Waals surface area contributed by atoms with Crippen LogP contribution in [0.1, 0.15) is 44.1 Å². The Balaban J connectivity index is 0.000000257. The molecule has 6 nitrogen and oxygen atoms in total. The Bertz CT molecular complexity index is 943. The van der Waals surface area contributed by atoms with Gasteiger partial charge in [-0.1, -0.05) is 38.5 Å². The van der Waals surface area contributed by atoms with E-state index in [1.54, 1.807) is 18.5 Å². The Hall–Kier alpha value is -2.89. The smallest absolute Gasteiger partial charge is 0.155 e. The summed E-state index contributed by atoms with van der Waals surface area (Å²) in [6, 6.07) is 5.46. The standard InChI is InChI=1S/C15H12N4O2.C6H12/c16-15-11-7-17-5-3-8(11)13(18-19-15)10-1-2-12-9(14(10)20)4-6-21-12;1-2-4-6-5-3-1/h1-3,5,7,20H,4,6H2,(H2,16,19);1-6H2. The lowest BCUT2D eigenvalue weighted by molar-refractivity contribution is 0.357. The van der Waals surface area contributed by atoms with E-state index in [0.717, 1.165) is 22.1 Å². The Morgan fingerprint density at radius 1 is 0.926 bits per heavy atom. The molecule has 3 N–H and O–H groups in total. The zero-order valence-corrected chi connectivity index (χ0v) is 15.3. The van der Waals surface area contributed by atoms with Gasteiger partial charge in [0.15, 0.2) is 5.82 Å². The van der Waals surface area contributed by atoms with Crippen molar-refractivity contribution in [2.45, 2.75) is 44.9 Å². The van der Waals surface area contributed by atoms with Gasteiger partial charge in [-0.15, -0.1) is 10.2 Å². The first kappa shape index (κ1) is 17.5. The molecule has 5 rings (SSSR count). The summed E-state index contributed by atoms with van der Waals surface area (Å²) in [6.45, 7) is 0.588. The molecule has 1 aliphatic heterocycles. The number of rotatable bonds is 1. The molecule has 0 saturated heterocycles. The number of aromatic nitrogens is 3. The van der Waals surface area contributed by atoms with Gasteiger partial charge in [-0.25, -0.2) is 0 Å². The van der Waals surface area contributed by atoms with Gasteiger partial charge < -0.3 is 15.6 Å². The first-order valence-electron chi connectivity index (χ1n) is 9.59. The van der Waals surface area contributed by atoms with Crippen molar-refractivity contribution >= 4 is 16.6 Å². The average molecular weight is 364 g/mol. The average Bonchev–Trinajstić information content (AvgIpc) is 3.21. The van der Waals surface area contributed by atoms with E-state index in [-0.39, 0.29) is 5.75 Å². The van der Waals surface area contributed by atoms with Gasteiger partial charge in [0.2, 0.25) is 0 Å². The number of nitrogens with zero attached hydrogens (tertiary/aromatic N) is 3. The van der Waals surface area contributed by atoms with Crippen molar-refractivity contribution in [3.8, 4) is 22.8 Å². The third-order valence-electron chi connectivity index (χ3n) is 5.21. The summed E-state index contributed by atoms with van der Waals surface area (Å²) in [6.07, 6.45) is 13.0. The highest BCUT2D eigenvalue weighted by atomic mass is 16.5. The maximum absolute atomic E-state index is 10.5. The van der Waals surface area contributed by atoms with Crippen LogP contribution in [0.25, 0.3) is 22.0 Å². The van der Waals surface area contributed by atoms with E-state index < -0.39 is 0 Å². The molecular formula is C21H24N4O2. The molecule has 1 aromatic carbocycles. The molecule has 1 fully saturated rings. The number of anilines is 1. The zero-order valence-electron chi connectivity index (χ0n) is 15.3. The summed E-state index contributed by atoms with van der Waals surface area (Å²) in [7, 11) is 0. The van der Waals surface area contributed by atoms with Crippen molar-refractivity contribution in [3.05, 3.63) is 36.2 Å². The number of benzene rings is 1. The number of ether oxygens (including phenoxy) is 1. The van der Waals surface area contributed by atoms with E-state index >= 15 is 0 Å². The van der Waals surface area contributed by atoms with E-state index in [2.05, 4.69) is 15.2 Å². The summed E-state index contributed by atoms with van der Waals surface area (Å²) >= 11 is 0. The summed E-state index contributed by atoms with van der Waals surface area (Å²) in [5, 5.41) is 20.2. The molecule has 3 heterocycles. The van der Waals surface area contributed by atoms with E-state index in [4.69, 9.17) is 10.5 Å². The normalized spacial score (nSPS) is 15.6. The van der Waals surface area contributed by atoms with Crippen molar-refractivity contribution in [1.29, 1.82) is 0 Å². The molecule has 27 heavy (non-hydrogen) atoms. The summed E-state index contributed by atoms with van der Waals surface area (Å²) < 4.78 is 5.45. The molecular weight excluding hydrogens is 340 g/mol. The van der Waals surface area contributed by atoms with Crippen molar-refractivity contribution < 1.29 is 9.84 Å². The molecule has 2 aromatic heterocycles. The molecule has 140 valence electrons. The van der Waals surface area contributed by atoms with E-state index in [9.17, 15) is 5.11 Å². The van der Waals surface area contributed by atoms with Gasteiger partial charge in [0.1, 0.15) is 17.2 Å². The van der Waals surface area contributed by atoms with E-state index in [0.29, 0.717) is 30.1 Å². The van der Waals surface area contributed by atoms with Crippen LogP contribution in [-0.4, -0.2) is 26.9 Å². The highest BCUT2D eigenvalue weighted by Crippen LogP contribution is 2.41. The molecule has 0 bridgehead atoms. The number of hydrogen-bond acceptors (Lipinski definition) is 6. The van der Waals surface area contributed by atoms with Gasteiger partial charge in [0.25, 0.3) is 0 Å². The molecule has 0 spiro atoms. The van der Waals surface area contributed by atoms with Crippen LogP contribution in [0.3, 0.4) is 0 Å². The minimum Gasteiger partial charge on any atom is -0.507 e. The van der Waals surface area contributed by atoms with Crippen molar-refractivity contribution in [1.82, 2.24) is 15.2 Å². The lowest BCUT2D eigenvalue weighted by atomic mass is 10.0. The van der Waals surface area contributed by atoms with Gasteiger partial charge >= 0.3 is 0 Å². The summed E-state index contributed by atoms with van der Waals surface area (Å²) in [5.41, 5.74) is 7.87. The van der Waals surface area contributed by atoms with E-state index in [1.165, 1.54) is 38.5 Å². The molecule has 1 saturated carbocycles. The van der Waals surface area contributed by atoms with E-state index in [1.807, 2.05) is 12.1 Å². The van der Waals surface area contributed by atoms with Gasteiger partial charge in [-0.2, -0.15) is 0 Å². The van der Waals surface area contributed by atoms with Gasteiger partial charge in [-0.3, -0.25) is 4.98 Å². The van der Waals surface area contributed by atoms with Gasteiger partial charge in [-0.05, 0) is 18.2 Å². The number of aromatic hydroxyl groups is 1. The number of phenolic OH excluding ortho intramolecular Hbond substituents is 1. The first-order chi connectivity index (χ1) is 13.3.